The van der Waals surface area contributed by atoms with Crippen LogP contribution in [-0.2, 0) is 0 Å². The molecule has 0 saturated heterocycles. The quantitative estimate of drug-likeness (QED) is 0.104. The summed E-state index contributed by atoms with van der Waals surface area (Å²) in [5.41, 5.74) is 17.9. The normalized spacial score (nSPS) is 11.7. The molecule has 0 fully saturated rings. The van der Waals surface area contributed by atoms with Crippen molar-refractivity contribution >= 4 is 11.5 Å². The average Bonchev–Trinajstić information content (AvgIpc) is 3.33. The van der Waals surface area contributed by atoms with Crippen molar-refractivity contribution in [3.05, 3.63) is 253 Å². The van der Waals surface area contributed by atoms with E-state index in [4.69, 9.17) is 4.99 Å². The Morgan fingerprint density at radius 2 is 0.661 bits per heavy atom. The van der Waals surface area contributed by atoms with Crippen LogP contribution in [0.15, 0.2) is 247 Å². The molecule has 0 atom stereocenters. The molecule has 2 nitrogen and oxygen atoms in total. The number of hydrogen-bond donors (Lipinski definition) is 0. The summed E-state index contributed by atoms with van der Waals surface area (Å²) in [6.07, 6.45) is 0. The maximum absolute atomic E-state index is 5.23. The lowest BCUT2D eigenvalue weighted by molar-refractivity contribution is 1.38. The third kappa shape index (κ3) is 7.85. The highest BCUT2D eigenvalue weighted by atomic mass is 14.9. The van der Waals surface area contributed by atoms with Crippen LogP contribution < -0.4 is 0 Å². The highest BCUT2D eigenvalue weighted by Gasteiger charge is 2.24. The fourth-order valence-electron chi connectivity index (χ4n) is 8.00. The van der Waals surface area contributed by atoms with E-state index in [0.717, 1.165) is 39.1 Å². The van der Waals surface area contributed by atoms with Gasteiger partial charge in [0.15, 0.2) is 5.84 Å². The van der Waals surface area contributed by atoms with E-state index < -0.39 is 0 Å². The smallest absolute Gasteiger partial charge is 0.154 e. The van der Waals surface area contributed by atoms with E-state index in [9.17, 15) is 0 Å². The zero-order valence-electron chi connectivity index (χ0n) is 32.9. The summed E-state index contributed by atoms with van der Waals surface area (Å²) < 4.78 is 0. The summed E-state index contributed by atoms with van der Waals surface area (Å²) in [4.78, 5) is 9.85. The van der Waals surface area contributed by atoms with E-state index in [1.54, 1.807) is 7.05 Å². The van der Waals surface area contributed by atoms with E-state index >= 15 is 0 Å². The van der Waals surface area contributed by atoms with Crippen molar-refractivity contribution in [3.63, 3.8) is 0 Å². The van der Waals surface area contributed by atoms with Crippen LogP contribution in [0.2, 0.25) is 0 Å². The molecular formula is C57H42N2. The largest absolute Gasteiger partial charge is 0.270 e. The number of hydrogen-bond acceptors (Lipinski definition) is 1. The van der Waals surface area contributed by atoms with Crippen molar-refractivity contribution < 1.29 is 0 Å². The van der Waals surface area contributed by atoms with Gasteiger partial charge in [0.05, 0.1) is 5.71 Å². The maximum Gasteiger partial charge on any atom is 0.154 e. The summed E-state index contributed by atoms with van der Waals surface area (Å²) in [7, 11) is 1.80. The molecule has 9 aromatic carbocycles. The van der Waals surface area contributed by atoms with Gasteiger partial charge in [-0.2, -0.15) is 0 Å². The molecule has 0 heterocycles. The minimum absolute atomic E-state index is 0.688. The molecule has 0 amide bonds. The van der Waals surface area contributed by atoms with Gasteiger partial charge in [0.2, 0.25) is 0 Å². The molecule has 9 aromatic rings. The molecule has 280 valence electrons. The van der Waals surface area contributed by atoms with Crippen molar-refractivity contribution in [2.45, 2.75) is 0 Å². The lowest BCUT2D eigenvalue weighted by Gasteiger charge is -2.24. The highest BCUT2D eigenvalue weighted by Crippen LogP contribution is 2.50. The van der Waals surface area contributed by atoms with Crippen LogP contribution in [0.5, 0.6) is 0 Å². The molecule has 59 heavy (non-hydrogen) atoms. The summed E-state index contributed by atoms with van der Waals surface area (Å²) in [6, 6.07) is 84.0. The van der Waals surface area contributed by atoms with Gasteiger partial charge >= 0.3 is 0 Å². The van der Waals surface area contributed by atoms with Crippen LogP contribution in [0, 0.1) is 0 Å². The van der Waals surface area contributed by atoms with Gasteiger partial charge in [-0.25, -0.2) is 4.99 Å². The van der Waals surface area contributed by atoms with Crippen LogP contribution >= 0.6 is 0 Å². The van der Waals surface area contributed by atoms with E-state index in [0.29, 0.717) is 5.84 Å². The van der Waals surface area contributed by atoms with Crippen molar-refractivity contribution in [2.75, 3.05) is 7.05 Å². The fraction of sp³-hybridized carbons (Fsp3) is 0.0175. The van der Waals surface area contributed by atoms with E-state index in [2.05, 4.69) is 217 Å². The highest BCUT2D eigenvalue weighted by molar-refractivity contribution is 6.20. The fourth-order valence-corrected chi connectivity index (χ4v) is 8.00. The monoisotopic (exact) mass is 754 g/mol. The lowest BCUT2D eigenvalue weighted by Crippen LogP contribution is -2.08. The predicted molar refractivity (Wildman–Crippen MR) is 250 cm³/mol. The van der Waals surface area contributed by atoms with Gasteiger partial charge in [0.1, 0.15) is 0 Å². The van der Waals surface area contributed by atoms with Crippen molar-refractivity contribution in [2.24, 2.45) is 9.98 Å². The number of amidine groups is 1. The Labute approximate surface area is 347 Å². The molecule has 9 rings (SSSR count). The van der Waals surface area contributed by atoms with Gasteiger partial charge < -0.3 is 0 Å². The number of benzene rings is 9. The van der Waals surface area contributed by atoms with Crippen LogP contribution in [0.25, 0.3) is 66.8 Å². The Kier molecular flexibility index (Phi) is 10.8. The number of nitrogens with zero attached hydrogens (tertiary/aromatic N) is 2. The Morgan fingerprint density at radius 1 is 0.288 bits per heavy atom. The Bertz CT molecular complexity index is 2880. The van der Waals surface area contributed by atoms with Gasteiger partial charge in [-0.3, -0.25) is 4.99 Å². The molecule has 0 unspecified atom stereocenters. The Morgan fingerprint density at radius 3 is 1.19 bits per heavy atom. The zero-order chi connectivity index (χ0) is 39.8. The molecular weight excluding hydrogens is 713 g/mol. The van der Waals surface area contributed by atoms with Gasteiger partial charge in [0, 0.05) is 23.7 Å². The SMILES string of the molecule is CN=C(N=C(c1ccccc1)c1cccc(-c2cccc(-c3cc(-c4ccccc4)c(-c4ccccc4)c(-c4ccccc4)c3-c3ccccc3)c2)c1)c1ccccc1. The summed E-state index contributed by atoms with van der Waals surface area (Å²) in [5.74, 6) is 0.688. The first-order valence-electron chi connectivity index (χ1n) is 20.1. The second-order valence-corrected chi connectivity index (χ2v) is 14.5. The average molecular weight is 755 g/mol. The van der Waals surface area contributed by atoms with Crippen LogP contribution in [0.3, 0.4) is 0 Å². The van der Waals surface area contributed by atoms with Crippen molar-refractivity contribution in [1.29, 1.82) is 0 Å². The maximum atomic E-state index is 5.23. The summed E-state index contributed by atoms with van der Waals surface area (Å²) in [6.45, 7) is 0. The first-order chi connectivity index (χ1) is 29.2. The van der Waals surface area contributed by atoms with Gasteiger partial charge in [0.25, 0.3) is 0 Å². The Balaban J connectivity index is 1.27. The standard InChI is InChI=1S/C57H42N2/c1-58-57(46-32-18-7-19-33-46)59-56(45-30-16-6-17-31-45)50-37-21-35-48(39-50)47-34-20-36-49(38-47)52-40-51(41-22-8-2-9-23-41)53(42-24-10-3-11-25-42)55(44-28-14-5-15-29-44)54(52)43-26-12-4-13-27-43/h2-40H,1H3. The lowest BCUT2D eigenvalue weighted by atomic mass is 9.78. The molecule has 0 spiro atoms. The third-order valence-electron chi connectivity index (χ3n) is 10.8. The zero-order valence-corrected chi connectivity index (χ0v) is 32.9. The molecule has 0 aliphatic rings. The van der Waals surface area contributed by atoms with Crippen LogP contribution in [0.1, 0.15) is 16.7 Å². The second kappa shape index (κ2) is 17.2. The number of rotatable bonds is 9. The van der Waals surface area contributed by atoms with E-state index in [-0.39, 0.29) is 0 Å². The second-order valence-electron chi connectivity index (χ2n) is 14.5. The van der Waals surface area contributed by atoms with Gasteiger partial charge in [-0.05, 0) is 85.0 Å². The van der Waals surface area contributed by atoms with Crippen molar-refractivity contribution in [3.8, 4) is 66.8 Å². The molecule has 2 heteroatoms. The summed E-state index contributed by atoms with van der Waals surface area (Å²) >= 11 is 0. The van der Waals surface area contributed by atoms with Gasteiger partial charge in [-0.15, -0.1) is 0 Å². The Hall–Kier alpha value is -7.68. The molecule has 0 aromatic heterocycles. The first kappa shape index (κ1) is 36.9. The molecule has 0 aliphatic heterocycles. The van der Waals surface area contributed by atoms with Crippen LogP contribution in [0.4, 0.5) is 0 Å². The minimum atomic E-state index is 0.688. The molecule has 0 radical (unpaired) electrons. The van der Waals surface area contributed by atoms with Crippen molar-refractivity contribution in [1.82, 2.24) is 0 Å². The summed E-state index contributed by atoms with van der Waals surface area (Å²) in [5, 5.41) is 0. The van der Waals surface area contributed by atoms with E-state index in [1.165, 1.54) is 50.1 Å². The third-order valence-corrected chi connectivity index (χ3v) is 10.8. The predicted octanol–water partition coefficient (Wildman–Crippen LogP) is 14.6. The van der Waals surface area contributed by atoms with Crippen LogP contribution in [-0.4, -0.2) is 18.6 Å². The molecule has 0 bridgehead atoms. The molecule has 0 N–H and O–H groups in total. The molecule has 0 saturated carbocycles. The number of aliphatic imine (C=N–C) groups is 2. The topological polar surface area (TPSA) is 24.7 Å². The minimum Gasteiger partial charge on any atom is -0.270 e. The molecule has 0 aliphatic carbocycles. The van der Waals surface area contributed by atoms with E-state index in [1.807, 2.05) is 24.3 Å². The first-order valence-corrected chi connectivity index (χ1v) is 20.1. The van der Waals surface area contributed by atoms with Gasteiger partial charge in [-0.1, -0.05) is 218 Å².